The Kier molecular flexibility index (Phi) is 5.00. The van der Waals surface area contributed by atoms with E-state index in [0.29, 0.717) is 22.4 Å². The highest BCUT2D eigenvalue weighted by Gasteiger charge is 2.34. The van der Waals surface area contributed by atoms with Gasteiger partial charge in [0.1, 0.15) is 17.4 Å². The highest BCUT2D eigenvalue weighted by Crippen LogP contribution is 2.33. The van der Waals surface area contributed by atoms with Crippen LogP contribution in [-0.4, -0.2) is 26.8 Å². The van der Waals surface area contributed by atoms with E-state index in [4.69, 9.17) is 9.26 Å². The van der Waals surface area contributed by atoms with Crippen LogP contribution in [0.4, 0.5) is 17.6 Å². The number of benzene rings is 2. The Hall–Kier alpha value is -3.69. The fraction of sp³-hybridized carbons (Fsp3) is 0.190. The Labute approximate surface area is 174 Å². The summed E-state index contributed by atoms with van der Waals surface area (Å²) >= 11 is 0. The van der Waals surface area contributed by atoms with Gasteiger partial charge in [-0.2, -0.15) is 18.2 Å². The highest BCUT2D eigenvalue weighted by molar-refractivity contribution is 5.68. The molecule has 0 radical (unpaired) electrons. The molecule has 0 spiro atoms. The van der Waals surface area contributed by atoms with E-state index < -0.39 is 17.7 Å². The Morgan fingerprint density at radius 3 is 2.39 bits per heavy atom. The third-order valence-electron chi connectivity index (χ3n) is 4.73. The molecule has 0 bridgehead atoms. The molecule has 4 rings (SSSR count). The van der Waals surface area contributed by atoms with Gasteiger partial charge in [0.15, 0.2) is 5.69 Å². The molecule has 0 saturated carbocycles. The third-order valence-corrected chi connectivity index (χ3v) is 4.73. The van der Waals surface area contributed by atoms with Crippen LogP contribution in [0.15, 0.2) is 47.1 Å². The summed E-state index contributed by atoms with van der Waals surface area (Å²) in [5.74, 6) is 0.186. The molecule has 2 aromatic heterocycles. The van der Waals surface area contributed by atoms with Gasteiger partial charge >= 0.3 is 6.18 Å². The van der Waals surface area contributed by atoms with Crippen molar-refractivity contribution in [2.24, 2.45) is 7.05 Å². The van der Waals surface area contributed by atoms with Crippen molar-refractivity contribution in [2.75, 3.05) is 7.11 Å². The molecule has 4 aromatic rings. The summed E-state index contributed by atoms with van der Waals surface area (Å²) in [5.41, 5.74) is 0.955. The number of alkyl halides is 3. The van der Waals surface area contributed by atoms with E-state index in [-0.39, 0.29) is 23.1 Å². The van der Waals surface area contributed by atoms with Gasteiger partial charge in [-0.05, 0) is 30.7 Å². The first kappa shape index (κ1) is 20.6. The number of aryl methyl sites for hydroxylation is 2. The number of hydrogen-bond donors (Lipinski definition) is 0. The molecule has 0 unspecified atom stereocenters. The zero-order chi connectivity index (χ0) is 22.3. The maximum Gasteiger partial charge on any atom is 0.434 e. The van der Waals surface area contributed by atoms with Gasteiger partial charge in [0.2, 0.25) is 5.82 Å². The van der Waals surface area contributed by atoms with Gasteiger partial charge in [0.25, 0.3) is 5.89 Å². The Morgan fingerprint density at radius 1 is 1.03 bits per heavy atom. The van der Waals surface area contributed by atoms with Gasteiger partial charge in [0.05, 0.1) is 12.7 Å². The van der Waals surface area contributed by atoms with Crippen molar-refractivity contribution in [3.05, 3.63) is 59.7 Å². The van der Waals surface area contributed by atoms with Crippen LogP contribution in [0.3, 0.4) is 0 Å². The van der Waals surface area contributed by atoms with Crippen LogP contribution in [0, 0.1) is 12.7 Å². The third kappa shape index (κ3) is 3.88. The van der Waals surface area contributed by atoms with Gasteiger partial charge in [-0.3, -0.25) is 0 Å². The van der Waals surface area contributed by atoms with Crippen molar-refractivity contribution >= 4 is 0 Å². The first-order valence-corrected chi connectivity index (χ1v) is 9.07. The first-order valence-electron chi connectivity index (χ1n) is 9.07. The monoisotopic (exact) mass is 432 g/mol. The summed E-state index contributed by atoms with van der Waals surface area (Å²) in [4.78, 5) is 7.95. The van der Waals surface area contributed by atoms with Gasteiger partial charge < -0.3 is 13.8 Å². The number of rotatable bonds is 4. The zero-order valence-electron chi connectivity index (χ0n) is 16.7. The second kappa shape index (κ2) is 7.53. The molecule has 0 saturated heterocycles. The Bertz CT molecular complexity index is 1260. The quantitative estimate of drug-likeness (QED) is 0.411. The van der Waals surface area contributed by atoms with E-state index in [1.807, 2.05) is 0 Å². The molecule has 10 heteroatoms. The number of halogens is 4. The molecule has 31 heavy (non-hydrogen) atoms. The average Bonchev–Trinajstić information content (AvgIpc) is 3.34. The standard InChI is InChI=1S/C21H16F4N4O2/c1-11-8-12(19-26-17(10-29(19)2)21(23,24)25)4-6-14(11)18-27-20(31-28-18)15-7-5-13(30-3)9-16(15)22/h4-10H,1-3H3. The molecule has 160 valence electrons. The van der Waals surface area contributed by atoms with Gasteiger partial charge in [-0.15, -0.1) is 0 Å². The molecule has 0 N–H and O–H groups in total. The Morgan fingerprint density at radius 2 is 1.77 bits per heavy atom. The number of hydrogen-bond acceptors (Lipinski definition) is 5. The molecular weight excluding hydrogens is 416 g/mol. The van der Waals surface area contributed by atoms with Crippen LogP contribution in [0.5, 0.6) is 5.75 Å². The number of nitrogens with zero attached hydrogens (tertiary/aromatic N) is 4. The molecule has 0 atom stereocenters. The lowest BCUT2D eigenvalue weighted by atomic mass is 10.0. The second-order valence-corrected chi connectivity index (χ2v) is 6.86. The smallest absolute Gasteiger partial charge is 0.434 e. The van der Waals surface area contributed by atoms with Gasteiger partial charge in [-0.25, -0.2) is 9.37 Å². The molecule has 0 aliphatic rings. The van der Waals surface area contributed by atoms with Crippen molar-refractivity contribution in [2.45, 2.75) is 13.1 Å². The summed E-state index contributed by atoms with van der Waals surface area (Å²) in [6.45, 7) is 1.76. The van der Waals surface area contributed by atoms with Crippen LogP contribution in [0.1, 0.15) is 11.3 Å². The van der Waals surface area contributed by atoms with Crippen LogP contribution < -0.4 is 4.74 Å². The summed E-state index contributed by atoms with van der Waals surface area (Å²) < 4.78 is 64.6. The van der Waals surface area contributed by atoms with Crippen molar-refractivity contribution in [1.29, 1.82) is 0 Å². The minimum absolute atomic E-state index is 0.00227. The summed E-state index contributed by atoms with van der Waals surface area (Å²) in [5, 5.41) is 3.91. The van der Waals surface area contributed by atoms with E-state index >= 15 is 0 Å². The fourth-order valence-corrected chi connectivity index (χ4v) is 3.16. The number of methoxy groups -OCH3 is 1. The molecule has 2 heterocycles. The van der Waals surface area contributed by atoms with E-state index in [2.05, 4.69) is 15.1 Å². The van der Waals surface area contributed by atoms with Crippen LogP contribution in [-0.2, 0) is 13.2 Å². The molecule has 6 nitrogen and oxygen atoms in total. The van der Waals surface area contributed by atoms with Crippen molar-refractivity contribution < 1.29 is 26.8 Å². The van der Waals surface area contributed by atoms with E-state index in [9.17, 15) is 17.6 Å². The SMILES string of the molecule is COc1ccc(-c2nc(-c3ccc(-c4nc(C(F)(F)F)cn4C)cc3C)no2)c(F)c1. The van der Waals surface area contributed by atoms with Crippen LogP contribution >= 0.6 is 0 Å². The highest BCUT2D eigenvalue weighted by atomic mass is 19.4. The first-order chi connectivity index (χ1) is 14.7. The molecule has 0 fully saturated rings. The van der Waals surface area contributed by atoms with Gasteiger partial charge in [0, 0.05) is 30.4 Å². The second-order valence-electron chi connectivity index (χ2n) is 6.86. The van der Waals surface area contributed by atoms with Crippen molar-refractivity contribution in [3.63, 3.8) is 0 Å². The summed E-state index contributed by atoms with van der Waals surface area (Å²) in [7, 11) is 2.93. The predicted molar refractivity (Wildman–Crippen MR) is 104 cm³/mol. The van der Waals surface area contributed by atoms with E-state index in [1.54, 1.807) is 31.2 Å². The summed E-state index contributed by atoms with van der Waals surface area (Å²) in [6.07, 6.45) is -3.59. The van der Waals surface area contributed by atoms with E-state index in [0.717, 1.165) is 6.20 Å². The van der Waals surface area contributed by atoms with E-state index in [1.165, 1.54) is 30.9 Å². The maximum atomic E-state index is 14.3. The average molecular weight is 432 g/mol. The molecule has 2 aromatic carbocycles. The minimum Gasteiger partial charge on any atom is -0.497 e. The van der Waals surface area contributed by atoms with Crippen LogP contribution in [0.2, 0.25) is 0 Å². The number of aromatic nitrogens is 4. The molecular formula is C21H16F4N4O2. The normalized spacial score (nSPS) is 11.7. The summed E-state index contributed by atoms with van der Waals surface area (Å²) in [6, 6.07) is 9.22. The largest absolute Gasteiger partial charge is 0.497 e. The lowest BCUT2D eigenvalue weighted by Gasteiger charge is -2.06. The predicted octanol–water partition coefficient (Wildman–Crippen LogP) is 5.28. The molecule has 0 amide bonds. The lowest BCUT2D eigenvalue weighted by Crippen LogP contribution is -2.04. The van der Waals surface area contributed by atoms with Crippen molar-refractivity contribution in [1.82, 2.24) is 19.7 Å². The molecule has 0 aliphatic carbocycles. The lowest BCUT2D eigenvalue weighted by molar-refractivity contribution is -0.140. The Balaban J connectivity index is 1.67. The maximum absolute atomic E-state index is 14.3. The molecule has 0 aliphatic heterocycles. The number of ether oxygens (including phenoxy) is 1. The fourth-order valence-electron chi connectivity index (χ4n) is 3.16. The van der Waals surface area contributed by atoms with Gasteiger partial charge in [-0.1, -0.05) is 17.3 Å². The number of imidazole rings is 1. The van der Waals surface area contributed by atoms with Crippen LogP contribution in [0.25, 0.3) is 34.2 Å². The zero-order valence-corrected chi connectivity index (χ0v) is 16.7. The topological polar surface area (TPSA) is 66.0 Å². The van der Waals surface area contributed by atoms with Crippen molar-refractivity contribution in [3.8, 4) is 40.0 Å². The minimum atomic E-state index is -4.53.